The van der Waals surface area contributed by atoms with Crippen LogP contribution in [0, 0.1) is 11.8 Å². The number of hydrogen-bond acceptors (Lipinski definition) is 5. The highest BCUT2D eigenvalue weighted by atomic mass is 16.5. The molecule has 3 atom stereocenters. The number of aromatic nitrogens is 2. The Morgan fingerprint density at radius 3 is 2.88 bits per heavy atom. The maximum atomic E-state index is 12.2. The molecule has 0 saturated carbocycles. The first-order valence-corrected chi connectivity index (χ1v) is 8.70. The lowest BCUT2D eigenvalue weighted by molar-refractivity contribution is 0.0903. The average molecular weight is 338 g/mol. The first-order valence-electron chi connectivity index (χ1n) is 8.70. The van der Waals surface area contributed by atoms with Crippen LogP contribution in [0.3, 0.4) is 0 Å². The number of pyridine rings is 2. The van der Waals surface area contributed by atoms with E-state index in [1.165, 1.54) is 5.56 Å². The van der Waals surface area contributed by atoms with Crippen molar-refractivity contribution in [2.75, 3.05) is 26.2 Å². The molecule has 1 amide bonds. The Bertz CT molecular complexity index is 710. The van der Waals surface area contributed by atoms with Crippen molar-refractivity contribution >= 4 is 5.91 Å². The van der Waals surface area contributed by atoms with E-state index >= 15 is 0 Å². The number of rotatable bonds is 5. The normalized spacial score (nSPS) is 25.7. The molecule has 0 bridgehead atoms. The Hall–Kier alpha value is -2.31. The van der Waals surface area contributed by atoms with Gasteiger partial charge in [-0.15, -0.1) is 0 Å². The largest absolute Gasteiger partial charge is 0.376 e. The van der Waals surface area contributed by atoms with E-state index in [1.807, 2.05) is 12.3 Å². The van der Waals surface area contributed by atoms with Crippen LogP contribution in [0.4, 0.5) is 0 Å². The molecule has 0 aromatic carbocycles. The summed E-state index contributed by atoms with van der Waals surface area (Å²) < 4.78 is 5.98. The molecule has 4 heterocycles. The highest BCUT2D eigenvalue weighted by Crippen LogP contribution is 2.33. The van der Waals surface area contributed by atoms with Gasteiger partial charge in [0, 0.05) is 68.4 Å². The molecule has 0 aliphatic carbocycles. The third-order valence-corrected chi connectivity index (χ3v) is 5.11. The zero-order valence-electron chi connectivity index (χ0n) is 14.0. The molecule has 2 fully saturated rings. The van der Waals surface area contributed by atoms with Gasteiger partial charge in [-0.3, -0.25) is 19.7 Å². The number of ether oxygens (including phenoxy) is 1. The maximum Gasteiger partial charge on any atom is 0.251 e. The number of likely N-dealkylation sites (tertiary alicyclic amines) is 1. The predicted molar refractivity (Wildman–Crippen MR) is 92.8 cm³/mol. The zero-order valence-corrected chi connectivity index (χ0v) is 14.0. The van der Waals surface area contributed by atoms with Gasteiger partial charge in [0.05, 0.1) is 12.7 Å². The topological polar surface area (TPSA) is 67.3 Å². The molecule has 2 saturated heterocycles. The Labute approximate surface area is 147 Å². The van der Waals surface area contributed by atoms with Gasteiger partial charge >= 0.3 is 0 Å². The van der Waals surface area contributed by atoms with Gasteiger partial charge in [-0.1, -0.05) is 6.07 Å². The van der Waals surface area contributed by atoms with Crippen molar-refractivity contribution in [3.8, 4) is 0 Å². The molecule has 2 aliphatic heterocycles. The Kier molecular flexibility index (Phi) is 4.72. The molecule has 2 aliphatic rings. The average Bonchev–Trinajstić information content (AvgIpc) is 3.22. The highest BCUT2D eigenvalue weighted by Gasteiger charge is 2.43. The van der Waals surface area contributed by atoms with E-state index in [0.29, 0.717) is 23.9 Å². The summed E-state index contributed by atoms with van der Waals surface area (Å²) in [5, 5.41) is 3.04. The molecule has 6 nitrogen and oxygen atoms in total. The van der Waals surface area contributed by atoms with Gasteiger partial charge in [0.2, 0.25) is 0 Å². The van der Waals surface area contributed by atoms with E-state index < -0.39 is 0 Å². The Morgan fingerprint density at radius 1 is 1.20 bits per heavy atom. The molecule has 1 N–H and O–H groups in total. The first-order chi connectivity index (χ1) is 12.3. The third-order valence-electron chi connectivity index (χ3n) is 5.11. The number of amides is 1. The third kappa shape index (κ3) is 3.70. The van der Waals surface area contributed by atoms with Crippen LogP contribution < -0.4 is 5.32 Å². The number of carbonyl (C=O) groups is 1. The van der Waals surface area contributed by atoms with Crippen LogP contribution in [0.1, 0.15) is 15.9 Å². The van der Waals surface area contributed by atoms with Crippen LogP contribution in [0.5, 0.6) is 0 Å². The lowest BCUT2D eigenvalue weighted by Crippen LogP contribution is -2.34. The van der Waals surface area contributed by atoms with Gasteiger partial charge in [0.25, 0.3) is 5.91 Å². The highest BCUT2D eigenvalue weighted by molar-refractivity contribution is 5.93. The van der Waals surface area contributed by atoms with Crippen LogP contribution >= 0.6 is 0 Å². The summed E-state index contributed by atoms with van der Waals surface area (Å²) in [6.45, 7) is 4.25. The minimum atomic E-state index is -0.0453. The van der Waals surface area contributed by atoms with Crippen molar-refractivity contribution in [1.82, 2.24) is 20.2 Å². The summed E-state index contributed by atoms with van der Waals surface area (Å²) in [5.41, 5.74) is 1.88. The van der Waals surface area contributed by atoms with Gasteiger partial charge in [-0.05, 0) is 23.8 Å². The molecule has 0 unspecified atom stereocenters. The fourth-order valence-corrected chi connectivity index (χ4v) is 3.80. The number of fused-ring (bicyclic) bond motifs is 1. The molecular weight excluding hydrogens is 316 g/mol. The summed E-state index contributed by atoms with van der Waals surface area (Å²) >= 11 is 0. The number of carbonyl (C=O) groups excluding carboxylic acids is 1. The Balaban J connectivity index is 1.30. The van der Waals surface area contributed by atoms with Gasteiger partial charge in [0.1, 0.15) is 0 Å². The molecule has 2 aromatic heterocycles. The fraction of sp³-hybridized carbons (Fsp3) is 0.421. The summed E-state index contributed by atoms with van der Waals surface area (Å²) in [6.07, 6.45) is 7.27. The molecule has 4 rings (SSSR count). The molecular formula is C19H22N4O2. The lowest BCUT2D eigenvalue weighted by Gasteiger charge is -2.20. The van der Waals surface area contributed by atoms with Crippen molar-refractivity contribution in [2.45, 2.75) is 12.6 Å². The van der Waals surface area contributed by atoms with E-state index in [0.717, 1.165) is 26.2 Å². The minimum Gasteiger partial charge on any atom is -0.376 e. The van der Waals surface area contributed by atoms with Crippen molar-refractivity contribution in [3.05, 3.63) is 60.2 Å². The van der Waals surface area contributed by atoms with Crippen molar-refractivity contribution in [3.63, 3.8) is 0 Å². The lowest BCUT2D eigenvalue weighted by atomic mass is 9.93. The standard InChI is InChI=1S/C19H22N4O2/c24-19(15-3-6-20-7-4-15)22-9-16-13-25-18-12-23(11-17(16)18)10-14-2-1-5-21-8-14/h1-8,16-18H,9-13H2,(H,22,24)/t16-,17+,18+/m1/s1. The van der Waals surface area contributed by atoms with Crippen molar-refractivity contribution < 1.29 is 9.53 Å². The van der Waals surface area contributed by atoms with E-state index in [-0.39, 0.29) is 12.0 Å². The van der Waals surface area contributed by atoms with Gasteiger partial charge in [-0.2, -0.15) is 0 Å². The SMILES string of the molecule is O=C(NC[C@@H]1CO[C@H]2CN(Cc3cccnc3)C[C@@H]12)c1ccncc1. The van der Waals surface area contributed by atoms with E-state index in [2.05, 4.69) is 26.3 Å². The molecule has 0 spiro atoms. The second kappa shape index (κ2) is 7.29. The van der Waals surface area contributed by atoms with Crippen LogP contribution in [-0.2, 0) is 11.3 Å². The number of nitrogens with zero attached hydrogens (tertiary/aromatic N) is 3. The quantitative estimate of drug-likeness (QED) is 0.891. The van der Waals surface area contributed by atoms with Crippen LogP contribution in [0.2, 0.25) is 0 Å². The van der Waals surface area contributed by atoms with Crippen molar-refractivity contribution in [2.24, 2.45) is 11.8 Å². The summed E-state index contributed by atoms with van der Waals surface area (Å²) in [4.78, 5) is 22.7. The predicted octanol–water partition coefficient (Wildman–Crippen LogP) is 1.35. The zero-order chi connectivity index (χ0) is 17.1. The van der Waals surface area contributed by atoms with E-state index in [1.54, 1.807) is 30.7 Å². The van der Waals surface area contributed by atoms with Gasteiger partial charge in [0.15, 0.2) is 0 Å². The van der Waals surface area contributed by atoms with Crippen LogP contribution in [-0.4, -0.2) is 53.1 Å². The molecule has 2 aromatic rings. The van der Waals surface area contributed by atoms with Crippen LogP contribution in [0.15, 0.2) is 49.1 Å². The van der Waals surface area contributed by atoms with E-state index in [4.69, 9.17) is 4.74 Å². The van der Waals surface area contributed by atoms with Gasteiger partial charge in [-0.25, -0.2) is 0 Å². The van der Waals surface area contributed by atoms with E-state index in [9.17, 15) is 4.79 Å². The van der Waals surface area contributed by atoms with Crippen molar-refractivity contribution in [1.29, 1.82) is 0 Å². The molecule has 0 radical (unpaired) electrons. The summed E-state index contributed by atoms with van der Waals surface area (Å²) in [6, 6.07) is 7.54. The summed E-state index contributed by atoms with van der Waals surface area (Å²) in [5.74, 6) is 0.806. The minimum absolute atomic E-state index is 0.0453. The second-order valence-corrected chi connectivity index (χ2v) is 6.80. The second-order valence-electron chi connectivity index (χ2n) is 6.80. The fourth-order valence-electron chi connectivity index (χ4n) is 3.80. The van der Waals surface area contributed by atoms with Gasteiger partial charge < -0.3 is 10.1 Å². The monoisotopic (exact) mass is 338 g/mol. The number of hydrogen-bond donors (Lipinski definition) is 1. The number of nitrogens with one attached hydrogen (secondary N) is 1. The maximum absolute atomic E-state index is 12.2. The molecule has 6 heteroatoms. The Morgan fingerprint density at radius 2 is 2.08 bits per heavy atom. The smallest absolute Gasteiger partial charge is 0.251 e. The van der Waals surface area contributed by atoms with Crippen LogP contribution in [0.25, 0.3) is 0 Å². The first kappa shape index (κ1) is 16.2. The molecule has 25 heavy (non-hydrogen) atoms. The summed E-state index contributed by atoms with van der Waals surface area (Å²) in [7, 11) is 0. The molecule has 130 valence electrons.